The molecule has 3 aromatic heterocycles. The second-order valence-corrected chi connectivity index (χ2v) is 7.58. The van der Waals surface area contributed by atoms with Crippen molar-refractivity contribution in [3.63, 3.8) is 0 Å². The van der Waals surface area contributed by atoms with E-state index in [-0.39, 0.29) is 0 Å². The van der Waals surface area contributed by atoms with E-state index in [0.717, 1.165) is 44.8 Å². The smallest absolute Gasteiger partial charge is 0.128 e. The van der Waals surface area contributed by atoms with Crippen LogP contribution in [0.5, 0.6) is 0 Å². The van der Waals surface area contributed by atoms with E-state index in [2.05, 4.69) is 37.7 Å². The molecule has 6 nitrogen and oxygen atoms in total. The lowest BCUT2D eigenvalue weighted by Crippen LogP contribution is -2.14. The fourth-order valence-electron chi connectivity index (χ4n) is 3.43. The van der Waals surface area contributed by atoms with Crippen molar-refractivity contribution < 1.29 is 0 Å². The van der Waals surface area contributed by atoms with Gasteiger partial charge in [0.1, 0.15) is 5.84 Å². The zero-order valence-corrected chi connectivity index (χ0v) is 18.2. The Kier molecular flexibility index (Phi) is 6.12. The number of benzene rings is 1. The highest BCUT2D eigenvalue weighted by atomic mass is 14.9. The molecule has 158 valence electrons. The third-order valence-corrected chi connectivity index (χ3v) is 5.10. The Morgan fingerprint density at radius 2 is 1.78 bits per heavy atom. The SMILES string of the molecule is C=Nc1cc(-c2cncc(C)c2)ccc1C(N)=NCc1ccc(-c2ccnc(C)c2)nc1. The van der Waals surface area contributed by atoms with Crippen LogP contribution in [0.2, 0.25) is 0 Å². The molecule has 0 radical (unpaired) electrons. The minimum absolute atomic E-state index is 0.412. The number of hydrogen-bond donors (Lipinski definition) is 1. The summed E-state index contributed by atoms with van der Waals surface area (Å²) in [6.45, 7) is 8.10. The lowest BCUT2D eigenvalue weighted by Gasteiger charge is -2.09. The molecule has 0 saturated heterocycles. The Morgan fingerprint density at radius 1 is 0.906 bits per heavy atom. The number of rotatable bonds is 6. The van der Waals surface area contributed by atoms with Crippen molar-refractivity contribution in [2.75, 3.05) is 0 Å². The van der Waals surface area contributed by atoms with Gasteiger partial charge in [0.05, 0.1) is 17.9 Å². The van der Waals surface area contributed by atoms with Gasteiger partial charge in [0.25, 0.3) is 0 Å². The third kappa shape index (κ3) is 4.75. The quantitative estimate of drug-likeness (QED) is 0.349. The lowest BCUT2D eigenvalue weighted by atomic mass is 10.0. The second kappa shape index (κ2) is 9.31. The Balaban J connectivity index is 1.53. The van der Waals surface area contributed by atoms with Gasteiger partial charge >= 0.3 is 0 Å². The number of aromatic nitrogens is 3. The van der Waals surface area contributed by atoms with E-state index in [0.29, 0.717) is 18.1 Å². The highest BCUT2D eigenvalue weighted by Gasteiger charge is 2.09. The molecule has 32 heavy (non-hydrogen) atoms. The van der Waals surface area contributed by atoms with Gasteiger partial charge in [0.15, 0.2) is 0 Å². The van der Waals surface area contributed by atoms with E-state index in [1.54, 1.807) is 6.20 Å². The molecule has 0 atom stereocenters. The van der Waals surface area contributed by atoms with Gasteiger partial charge < -0.3 is 5.73 Å². The van der Waals surface area contributed by atoms with E-state index >= 15 is 0 Å². The first-order chi connectivity index (χ1) is 15.5. The van der Waals surface area contributed by atoms with Gasteiger partial charge in [-0.25, -0.2) is 0 Å². The van der Waals surface area contributed by atoms with E-state index in [4.69, 9.17) is 5.73 Å². The molecule has 2 N–H and O–H groups in total. The van der Waals surface area contributed by atoms with Crippen LogP contribution in [-0.4, -0.2) is 27.5 Å². The van der Waals surface area contributed by atoms with Crippen molar-refractivity contribution >= 4 is 18.2 Å². The molecule has 0 unspecified atom stereocenters. The van der Waals surface area contributed by atoms with Crippen molar-refractivity contribution in [2.45, 2.75) is 20.4 Å². The predicted molar refractivity (Wildman–Crippen MR) is 130 cm³/mol. The van der Waals surface area contributed by atoms with Gasteiger partial charge in [0.2, 0.25) is 0 Å². The molecule has 6 heteroatoms. The maximum atomic E-state index is 6.29. The number of pyridine rings is 3. The van der Waals surface area contributed by atoms with E-state index in [1.807, 2.05) is 74.9 Å². The molecular formula is C26H24N6. The largest absolute Gasteiger partial charge is 0.383 e. The Hall–Kier alpha value is -4.19. The summed E-state index contributed by atoms with van der Waals surface area (Å²) in [5, 5.41) is 0. The fraction of sp³-hybridized carbons (Fsp3) is 0.115. The zero-order valence-electron chi connectivity index (χ0n) is 18.2. The van der Waals surface area contributed by atoms with Gasteiger partial charge in [-0.1, -0.05) is 12.1 Å². The lowest BCUT2D eigenvalue weighted by molar-refractivity contribution is 1.04. The van der Waals surface area contributed by atoms with Crippen molar-refractivity contribution in [3.8, 4) is 22.4 Å². The molecule has 0 spiro atoms. The van der Waals surface area contributed by atoms with Crippen LogP contribution < -0.4 is 5.73 Å². The summed E-state index contributed by atoms with van der Waals surface area (Å²) >= 11 is 0. The van der Waals surface area contributed by atoms with Crippen LogP contribution >= 0.6 is 0 Å². The van der Waals surface area contributed by atoms with Crippen LogP contribution in [0.4, 0.5) is 5.69 Å². The molecule has 0 aliphatic heterocycles. The van der Waals surface area contributed by atoms with Crippen molar-refractivity contribution in [1.82, 2.24) is 15.0 Å². The first kappa shape index (κ1) is 21.1. The van der Waals surface area contributed by atoms with Gasteiger partial charge in [-0.05, 0) is 73.7 Å². The summed E-state index contributed by atoms with van der Waals surface area (Å²) in [4.78, 5) is 21.8. The highest BCUT2D eigenvalue weighted by molar-refractivity contribution is 6.02. The topological polar surface area (TPSA) is 89.4 Å². The molecule has 4 rings (SSSR count). The molecular weight excluding hydrogens is 396 g/mol. The van der Waals surface area contributed by atoms with Gasteiger partial charge in [-0.15, -0.1) is 0 Å². The van der Waals surface area contributed by atoms with Crippen LogP contribution in [0.1, 0.15) is 22.4 Å². The van der Waals surface area contributed by atoms with E-state index in [9.17, 15) is 0 Å². The predicted octanol–water partition coefficient (Wildman–Crippen LogP) is 5.06. The molecule has 3 heterocycles. The minimum atomic E-state index is 0.412. The van der Waals surface area contributed by atoms with Gasteiger partial charge in [0, 0.05) is 47.2 Å². The number of aliphatic imine (C=N–C) groups is 2. The minimum Gasteiger partial charge on any atom is -0.383 e. The Labute approximate surface area is 187 Å². The number of hydrogen-bond acceptors (Lipinski definition) is 5. The molecule has 0 aliphatic carbocycles. The summed E-state index contributed by atoms with van der Waals surface area (Å²) in [5.41, 5.74) is 14.7. The van der Waals surface area contributed by atoms with Crippen LogP contribution in [0.15, 0.2) is 83.3 Å². The fourth-order valence-corrected chi connectivity index (χ4v) is 3.43. The van der Waals surface area contributed by atoms with Gasteiger partial charge in [-0.3, -0.25) is 24.9 Å². The maximum absolute atomic E-state index is 6.29. The second-order valence-electron chi connectivity index (χ2n) is 7.58. The molecule has 0 bridgehead atoms. The molecule has 0 fully saturated rings. The molecule has 0 amide bonds. The maximum Gasteiger partial charge on any atom is 0.128 e. The summed E-state index contributed by atoms with van der Waals surface area (Å²) in [5.74, 6) is 0.412. The van der Waals surface area contributed by atoms with Crippen LogP contribution in [0, 0.1) is 13.8 Å². The molecule has 1 aromatic carbocycles. The Morgan fingerprint density at radius 3 is 2.50 bits per heavy atom. The third-order valence-electron chi connectivity index (χ3n) is 5.10. The summed E-state index contributed by atoms with van der Waals surface area (Å²) < 4.78 is 0. The molecule has 0 saturated carbocycles. The van der Waals surface area contributed by atoms with Crippen LogP contribution in [0.25, 0.3) is 22.4 Å². The zero-order chi connectivity index (χ0) is 22.5. The first-order valence-electron chi connectivity index (χ1n) is 10.2. The molecule has 0 aliphatic rings. The average Bonchev–Trinajstić information content (AvgIpc) is 2.82. The number of nitrogens with two attached hydrogens (primary N) is 1. The normalized spacial score (nSPS) is 11.4. The summed E-state index contributed by atoms with van der Waals surface area (Å²) in [6, 6.07) is 15.9. The van der Waals surface area contributed by atoms with E-state index in [1.165, 1.54) is 0 Å². The number of nitrogens with zero attached hydrogens (tertiary/aromatic N) is 5. The average molecular weight is 421 g/mol. The molecule has 4 aromatic rings. The number of amidine groups is 1. The number of aryl methyl sites for hydroxylation is 2. The van der Waals surface area contributed by atoms with E-state index < -0.39 is 0 Å². The standard InChI is InChI=1S/C26H24N6/c1-17-10-22(16-29-13-17)20-5-6-23(25(12-20)28-3)26(27)32-15-19-4-7-24(31-14-19)21-8-9-30-18(2)11-21/h4-14,16H,3,15H2,1-2H3,(H2,27,32). The first-order valence-corrected chi connectivity index (χ1v) is 10.2. The summed E-state index contributed by atoms with van der Waals surface area (Å²) in [6.07, 6.45) is 7.27. The van der Waals surface area contributed by atoms with Crippen molar-refractivity contribution in [2.24, 2.45) is 15.7 Å². The monoisotopic (exact) mass is 420 g/mol. The van der Waals surface area contributed by atoms with Crippen molar-refractivity contribution in [3.05, 3.63) is 95.7 Å². The van der Waals surface area contributed by atoms with Gasteiger partial charge in [-0.2, -0.15) is 0 Å². The van der Waals surface area contributed by atoms with Crippen molar-refractivity contribution in [1.29, 1.82) is 0 Å². The summed E-state index contributed by atoms with van der Waals surface area (Å²) in [7, 11) is 0. The van der Waals surface area contributed by atoms with Crippen LogP contribution in [-0.2, 0) is 6.54 Å². The van der Waals surface area contributed by atoms with Crippen LogP contribution in [0.3, 0.4) is 0 Å². The Bertz CT molecular complexity index is 1290. The highest BCUT2D eigenvalue weighted by Crippen LogP contribution is 2.27.